The number of fused-ring (bicyclic) bond motifs is 1. The van der Waals surface area contributed by atoms with Gasteiger partial charge in [0.25, 0.3) is 0 Å². The van der Waals surface area contributed by atoms with Gasteiger partial charge >= 0.3 is 6.09 Å². The number of hydrogen-bond acceptors (Lipinski definition) is 7. The lowest BCUT2D eigenvalue weighted by molar-refractivity contribution is 0.0270. The summed E-state index contributed by atoms with van der Waals surface area (Å²) in [5.41, 5.74) is 4.55. The van der Waals surface area contributed by atoms with Gasteiger partial charge in [0.05, 0.1) is 11.8 Å². The van der Waals surface area contributed by atoms with Gasteiger partial charge < -0.3 is 14.5 Å². The average Bonchev–Trinajstić information content (AvgIpc) is 3.56. The fraction of sp³-hybridized carbons (Fsp3) is 0.267. The second kappa shape index (κ2) is 10.9. The molecule has 4 heterocycles. The predicted molar refractivity (Wildman–Crippen MR) is 156 cm³/mol. The van der Waals surface area contributed by atoms with E-state index in [-0.39, 0.29) is 11.9 Å². The number of hydrogen-bond donors (Lipinski definition) is 0. The number of halogens is 1. The number of carbonyl (C=O) groups is 1. The zero-order valence-electron chi connectivity index (χ0n) is 22.8. The highest BCUT2D eigenvalue weighted by Gasteiger charge is 2.25. The number of allylic oxidation sites excluding steroid dienone is 1. The third-order valence-electron chi connectivity index (χ3n) is 6.40. The fourth-order valence-corrected chi connectivity index (χ4v) is 5.29. The van der Waals surface area contributed by atoms with Gasteiger partial charge in [0, 0.05) is 43.4 Å². The smallest absolute Gasteiger partial charge is 0.410 e. The third-order valence-corrected chi connectivity index (χ3v) is 7.32. The molecule has 0 fully saturated rings. The van der Waals surface area contributed by atoms with Crippen LogP contribution in [0.4, 0.5) is 20.1 Å². The van der Waals surface area contributed by atoms with Crippen molar-refractivity contribution in [3.8, 4) is 17.3 Å². The molecule has 1 aromatic carbocycles. The summed E-state index contributed by atoms with van der Waals surface area (Å²) in [5, 5.41) is 11.8. The molecule has 3 aromatic heterocycles. The van der Waals surface area contributed by atoms with E-state index in [4.69, 9.17) is 20.0 Å². The van der Waals surface area contributed by atoms with Crippen molar-refractivity contribution in [2.75, 3.05) is 25.0 Å². The van der Waals surface area contributed by atoms with Crippen LogP contribution in [0, 0.1) is 17.1 Å². The van der Waals surface area contributed by atoms with Gasteiger partial charge in [-0.05, 0) is 80.8 Å². The summed E-state index contributed by atoms with van der Waals surface area (Å²) in [6, 6.07) is 12.3. The first-order valence-corrected chi connectivity index (χ1v) is 13.7. The number of rotatable bonds is 5. The van der Waals surface area contributed by atoms with Gasteiger partial charge in [-0.1, -0.05) is 6.08 Å². The molecule has 1 aliphatic rings. The number of amides is 1. The first-order valence-electron chi connectivity index (χ1n) is 12.8. The molecule has 204 valence electrons. The molecule has 0 saturated heterocycles. The highest BCUT2D eigenvalue weighted by atomic mass is 32.1. The van der Waals surface area contributed by atoms with Crippen molar-refractivity contribution in [2.45, 2.75) is 32.8 Å². The number of ether oxygens (including phenoxy) is 1. The topological polar surface area (TPSA) is 86.8 Å². The zero-order chi connectivity index (χ0) is 28.4. The van der Waals surface area contributed by atoms with E-state index in [0.717, 1.165) is 39.0 Å². The van der Waals surface area contributed by atoms with Crippen LogP contribution in [0.15, 0.2) is 60.1 Å². The van der Waals surface area contributed by atoms with Gasteiger partial charge in [0.15, 0.2) is 5.13 Å². The van der Waals surface area contributed by atoms with E-state index < -0.39 is 5.60 Å². The summed E-state index contributed by atoms with van der Waals surface area (Å²) < 4.78 is 20.9. The lowest BCUT2D eigenvalue weighted by atomic mass is 10.0. The second-order valence-corrected chi connectivity index (χ2v) is 11.3. The minimum absolute atomic E-state index is 0.294. The van der Waals surface area contributed by atoms with Gasteiger partial charge in [-0.15, -0.1) is 11.3 Å². The molecule has 0 atom stereocenters. The Morgan fingerprint density at radius 2 is 1.93 bits per heavy atom. The van der Waals surface area contributed by atoms with E-state index >= 15 is 0 Å². The summed E-state index contributed by atoms with van der Waals surface area (Å²) in [5.74, 6) is 0.465. The second-order valence-electron chi connectivity index (χ2n) is 10.4. The number of benzene rings is 1. The van der Waals surface area contributed by atoms with E-state index in [2.05, 4.69) is 6.08 Å². The minimum Gasteiger partial charge on any atom is -0.444 e. The van der Waals surface area contributed by atoms with Crippen LogP contribution >= 0.6 is 11.3 Å². The molecular weight excluding hydrogens is 527 g/mol. The Morgan fingerprint density at radius 1 is 1.18 bits per heavy atom. The first kappa shape index (κ1) is 27.1. The average molecular weight is 557 g/mol. The van der Waals surface area contributed by atoms with Crippen molar-refractivity contribution >= 4 is 45.7 Å². The molecular formula is C30H29FN6O2S. The normalized spacial score (nSPS) is 13.9. The fourth-order valence-electron chi connectivity index (χ4n) is 4.49. The Morgan fingerprint density at radius 3 is 2.60 bits per heavy atom. The molecule has 0 unspecified atom stereocenters. The molecule has 4 aromatic rings. The van der Waals surface area contributed by atoms with Crippen LogP contribution in [0.2, 0.25) is 0 Å². The molecule has 0 spiro atoms. The van der Waals surface area contributed by atoms with Crippen molar-refractivity contribution in [2.24, 2.45) is 0 Å². The maximum absolute atomic E-state index is 13.4. The Bertz CT molecular complexity index is 1660. The van der Waals surface area contributed by atoms with Crippen LogP contribution in [0.1, 0.15) is 38.4 Å². The summed E-state index contributed by atoms with van der Waals surface area (Å²) in [4.78, 5) is 25.7. The van der Waals surface area contributed by atoms with E-state index in [0.29, 0.717) is 25.2 Å². The molecule has 1 amide bonds. The van der Waals surface area contributed by atoms with Crippen LogP contribution in [-0.2, 0) is 4.74 Å². The maximum atomic E-state index is 13.4. The molecule has 0 radical (unpaired) electrons. The molecule has 0 N–H and O–H groups in total. The van der Waals surface area contributed by atoms with Gasteiger partial charge in [-0.2, -0.15) is 5.26 Å². The monoisotopic (exact) mass is 556 g/mol. The molecule has 40 heavy (non-hydrogen) atoms. The van der Waals surface area contributed by atoms with Crippen LogP contribution in [0.25, 0.3) is 28.6 Å². The van der Waals surface area contributed by atoms with Crippen molar-refractivity contribution < 1.29 is 13.9 Å². The molecule has 1 aliphatic heterocycles. The third kappa shape index (κ3) is 5.75. The van der Waals surface area contributed by atoms with Crippen LogP contribution in [0.3, 0.4) is 0 Å². The predicted octanol–water partition coefficient (Wildman–Crippen LogP) is 6.93. The molecule has 0 aliphatic carbocycles. The highest BCUT2D eigenvalue weighted by Crippen LogP contribution is 2.35. The minimum atomic E-state index is -0.537. The largest absolute Gasteiger partial charge is 0.444 e. The zero-order valence-corrected chi connectivity index (χ0v) is 23.6. The Balaban J connectivity index is 1.47. The number of nitriles is 1. The van der Waals surface area contributed by atoms with Crippen molar-refractivity contribution in [1.29, 1.82) is 5.26 Å². The number of carbonyl (C=O) groups excluding carboxylic acids is 1. The number of anilines is 2. The number of imidazole rings is 1. The summed E-state index contributed by atoms with van der Waals surface area (Å²) in [6.45, 7) is 6.62. The molecule has 0 bridgehead atoms. The first-order chi connectivity index (χ1) is 19.1. The molecule has 5 rings (SSSR count). The van der Waals surface area contributed by atoms with E-state index in [1.807, 2.05) is 66.9 Å². The van der Waals surface area contributed by atoms with Crippen molar-refractivity contribution in [3.63, 3.8) is 0 Å². The highest BCUT2D eigenvalue weighted by molar-refractivity contribution is 7.14. The molecule has 8 nitrogen and oxygen atoms in total. The van der Waals surface area contributed by atoms with Crippen molar-refractivity contribution in [3.05, 3.63) is 77.2 Å². The Hall–Kier alpha value is -4.49. The number of thiazole rings is 1. The summed E-state index contributed by atoms with van der Waals surface area (Å²) in [7, 11) is 1.91. The van der Waals surface area contributed by atoms with Gasteiger partial charge in [0.2, 0.25) is 0 Å². The quantitative estimate of drug-likeness (QED) is 0.248. The maximum Gasteiger partial charge on any atom is 0.410 e. The van der Waals surface area contributed by atoms with E-state index in [1.165, 1.54) is 29.5 Å². The Labute approximate surface area is 236 Å². The van der Waals surface area contributed by atoms with Crippen LogP contribution < -0.4 is 4.90 Å². The van der Waals surface area contributed by atoms with Crippen molar-refractivity contribution in [1.82, 2.24) is 19.3 Å². The number of nitrogens with zero attached hydrogens (tertiary/aromatic N) is 6. The number of aromatic nitrogens is 3. The number of pyridine rings is 1. The summed E-state index contributed by atoms with van der Waals surface area (Å²) >= 11 is 1.47. The van der Waals surface area contributed by atoms with Gasteiger partial charge in [-0.3, -0.25) is 4.40 Å². The molecule has 10 heteroatoms. The van der Waals surface area contributed by atoms with Crippen LogP contribution in [0.5, 0.6) is 0 Å². The van der Waals surface area contributed by atoms with E-state index in [1.54, 1.807) is 23.1 Å². The summed E-state index contributed by atoms with van der Waals surface area (Å²) in [6.07, 6.45) is 7.56. The van der Waals surface area contributed by atoms with Gasteiger partial charge in [-0.25, -0.2) is 19.2 Å². The Kier molecular flexibility index (Phi) is 7.41. The van der Waals surface area contributed by atoms with Gasteiger partial charge in [0.1, 0.15) is 28.6 Å². The molecule has 0 saturated carbocycles. The SMILES string of the molecule is CN(c1nc(-c2ccc(F)cc2)cs1)c1c(/C=C/C#N)nc2ccc(C3=CCN(C(=O)OC(C)(C)C)CC3)cn12. The standard InChI is InChI=1S/C30H29FN6O2S/c1-30(2,3)39-29(38)36-16-13-20(14-17-36)22-9-12-26-33-24(6-5-15-32)27(37(26)18-22)35(4)28-34-25(19-40-28)21-7-10-23(31)11-8-21/h5-13,18-19H,14,16-17H2,1-4H3/b6-5+. The van der Waals surface area contributed by atoms with Crippen LogP contribution in [-0.4, -0.2) is 51.1 Å². The lowest BCUT2D eigenvalue weighted by Crippen LogP contribution is -2.39. The van der Waals surface area contributed by atoms with E-state index in [9.17, 15) is 9.18 Å². The lowest BCUT2D eigenvalue weighted by Gasteiger charge is -2.29.